The van der Waals surface area contributed by atoms with Crippen LogP contribution < -0.4 is 16.4 Å². The summed E-state index contributed by atoms with van der Waals surface area (Å²) in [5.41, 5.74) is 8.03. The fraction of sp³-hybridized carbons (Fsp3) is 0.333. The van der Waals surface area contributed by atoms with Crippen LogP contribution in [0.2, 0.25) is 5.02 Å². The summed E-state index contributed by atoms with van der Waals surface area (Å²) < 4.78 is 0. The summed E-state index contributed by atoms with van der Waals surface area (Å²) in [5, 5.41) is 5.10. The first-order valence-corrected chi connectivity index (χ1v) is 11.2. The molecular weight excluding hydrogens is 444 g/mol. The van der Waals surface area contributed by atoms with Crippen LogP contribution in [0.1, 0.15) is 28.7 Å². The van der Waals surface area contributed by atoms with Gasteiger partial charge in [0, 0.05) is 10.6 Å². The summed E-state index contributed by atoms with van der Waals surface area (Å²) in [6.45, 7) is 3.86. The van der Waals surface area contributed by atoms with Gasteiger partial charge in [0.25, 0.3) is 5.91 Å². The van der Waals surface area contributed by atoms with Crippen LogP contribution in [0.25, 0.3) is 0 Å². The zero-order valence-corrected chi connectivity index (χ0v) is 19.0. The summed E-state index contributed by atoms with van der Waals surface area (Å²) in [5.74, 6) is -3.57. The number of aryl methyl sites for hydroxylation is 1. The molecule has 0 aliphatic carbocycles. The van der Waals surface area contributed by atoms with Crippen molar-refractivity contribution < 1.29 is 24.5 Å². The maximum atomic E-state index is 13.8. The molecule has 0 radical (unpaired) electrons. The standard InChI is InChI=1S/C24H23ClN4O4/c1-11-7-8-14-20(12(11)2)27-23(33)24(14)19-18(16(28-24)9-17(26)30)21(31)29(22(19)32)10-13-5-3-4-6-15(13)25/h3-8,16,18-19,28H,9-10H2,1-2H3,(H2,26,30)(H,27,33)/p+1/t16-,18-,19+,24-/m1/s1. The van der Waals surface area contributed by atoms with E-state index in [2.05, 4.69) is 5.32 Å². The Labute approximate surface area is 195 Å². The highest BCUT2D eigenvalue weighted by Gasteiger charge is 2.74. The summed E-state index contributed by atoms with van der Waals surface area (Å²) in [4.78, 5) is 53.8. The molecule has 3 aliphatic heterocycles. The highest BCUT2D eigenvalue weighted by Crippen LogP contribution is 2.50. The van der Waals surface area contributed by atoms with Crippen molar-refractivity contribution in [1.29, 1.82) is 0 Å². The van der Waals surface area contributed by atoms with Gasteiger partial charge in [-0.1, -0.05) is 35.9 Å². The fourth-order valence-corrected chi connectivity index (χ4v) is 5.91. The first kappa shape index (κ1) is 21.6. The van der Waals surface area contributed by atoms with Crippen molar-refractivity contribution in [3.63, 3.8) is 0 Å². The van der Waals surface area contributed by atoms with Crippen LogP contribution in [-0.4, -0.2) is 34.6 Å². The van der Waals surface area contributed by atoms with Crippen LogP contribution in [0.15, 0.2) is 36.4 Å². The van der Waals surface area contributed by atoms with E-state index in [1.165, 1.54) is 4.90 Å². The van der Waals surface area contributed by atoms with E-state index in [0.717, 1.165) is 11.1 Å². The molecule has 5 N–H and O–H groups in total. The number of halogens is 1. The van der Waals surface area contributed by atoms with Crippen LogP contribution in [0, 0.1) is 25.7 Å². The van der Waals surface area contributed by atoms with E-state index < -0.39 is 41.1 Å². The Balaban J connectivity index is 1.63. The van der Waals surface area contributed by atoms with Gasteiger partial charge >= 0.3 is 0 Å². The maximum absolute atomic E-state index is 13.8. The maximum Gasteiger partial charge on any atom is 0.291 e. The van der Waals surface area contributed by atoms with Gasteiger partial charge in [0.2, 0.25) is 23.3 Å². The molecule has 0 unspecified atom stereocenters. The Kier molecular flexibility index (Phi) is 4.84. The Morgan fingerprint density at radius 3 is 2.58 bits per heavy atom. The molecule has 4 amide bonds. The van der Waals surface area contributed by atoms with Crippen molar-refractivity contribution in [3.05, 3.63) is 63.7 Å². The average Bonchev–Trinajstić information content (AvgIpc) is 3.33. The number of imide groups is 1. The number of carbonyl (C=O) groups is 4. The molecule has 8 nitrogen and oxygen atoms in total. The number of hydrogen-bond acceptors (Lipinski definition) is 4. The Hall–Kier alpha value is -3.23. The van der Waals surface area contributed by atoms with Crippen molar-refractivity contribution >= 4 is 40.9 Å². The molecule has 2 aromatic carbocycles. The lowest BCUT2D eigenvalue weighted by Gasteiger charge is -2.26. The second-order valence-electron chi connectivity index (χ2n) is 9.11. The fourth-order valence-electron chi connectivity index (χ4n) is 5.71. The lowest BCUT2D eigenvalue weighted by Crippen LogP contribution is -2.99. The quantitative estimate of drug-likeness (QED) is 0.573. The number of hydrogen-bond donors (Lipinski definition) is 3. The number of quaternary nitrogens is 1. The van der Waals surface area contributed by atoms with E-state index in [4.69, 9.17) is 17.3 Å². The van der Waals surface area contributed by atoms with E-state index in [-0.39, 0.29) is 18.9 Å². The second-order valence-corrected chi connectivity index (χ2v) is 9.52. The number of rotatable bonds is 4. The number of fused-ring (bicyclic) bond motifs is 4. The topological polar surface area (TPSA) is 126 Å². The minimum atomic E-state index is -1.33. The van der Waals surface area contributed by atoms with Crippen molar-refractivity contribution in [2.24, 2.45) is 17.6 Å². The van der Waals surface area contributed by atoms with Crippen molar-refractivity contribution in [2.45, 2.75) is 38.4 Å². The summed E-state index contributed by atoms with van der Waals surface area (Å²) >= 11 is 6.28. The number of carbonyl (C=O) groups excluding carboxylic acids is 4. The molecule has 0 aromatic heterocycles. The molecule has 2 fully saturated rings. The number of primary amides is 1. The SMILES string of the molecule is Cc1ccc2c(c1C)NC(=O)[C@@]21[NH2+][C@H](CC(N)=O)[C@H]2C(=O)N(Cc3ccccc3Cl)C(=O)[C@H]21. The third-order valence-electron chi connectivity index (χ3n) is 7.39. The average molecular weight is 468 g/mol. The highest BCUT2D eigenvalue weighted by atomic mass is 35.5. The molecule has 0 saturated carbocycles. The third kappa shape index (κ3) is 2.94. The monoisotopic (exact) mass is 467 g/mol. The number of benzene rings is 2. The van der Waals surface area contributed by atoms with Crippen LogP contribution in [0.3, 0.4) is 0 Å². The number of amides is 4. The van der Waals surface area contributed by atoms with Gasteiger partial charge in [0.15, 0.2) is 0 Å². The van der Waals surface area contributed by atoms with Crippen molar-refractivity contribution in [3.8, 4) is 0 Å². The number of likely N-dealkylation sites (tertiary alicyclic amines) is 1. The predicted molar refractivity (Wildman–Crippen MR) is 120 cm³/mol. The molecule has 3 aliphatic rings. The second kappa shape index (κ2) is 7.40. The number of nitrogens with two attached hydrogens (primary N) is 2. The Bertz CT molecular complexity index is 1240. The van der Waals surface area contributed by atoms with E-state index in [0.29, 0.717) is 21.8 Å². The Morgan fingerprint density at radius 2 is 1.88 bits per heavy atom. The lowest BCUT2D eigenvalue weighted by atomic mass is 9.76. The van der Waals surface area contributed by atoms with Gasteiger partial charge in [-0.25, -0.2) is 0 Å². The van der Waals surface area contributed by atoms with Crippen LogP contribution >= 0.6 is 11.6 Å². The first-order valence-electron chi connectivity index (χ1n) is 10.8. The van der Waals surface area contributed by atoms with Gasteiger partial charge in [0.1, 0.15) is 17.9 Å². The van der Waals surface area contributed by atoms with Crippen LogP contribution in [0.5, 0.6) is 0 Å². The van der Waals surface area contributed by atoms with Crippen molar-refractivity contribution in [1.82, 2.24) is 4.90 Å². The zero-order valence-electron chi connectivity index (χ0n) is 18.2. The van der Waals surface area contributed by atoms with Crippen LogP contribution in [-0.2, 0) is 31.3 Å². The molecule has 3 heterocycles. The largest absolute Gasteiger partial charge is 0.369 e. The molecule has 5 rings (SSSR count). The third-order valence-corrected chi connectivity index (χ3v) is 7.76. The molecule has 0 bridgehead atoms. The summed E-state index contributed by atoms with van der Waals surface area (Å²) in [6, 6.07) is 10.1. The molecule has 9 heteroatoms. The lowest BCUT2D eigenvalue weighted by molar-refractivity contribution is -0.732. The summed E-state index contributed by atoms with van der Waals surface area (Å²) in [7, 11) is 0. The molecule has 33 heavy (non-hydrogen) atoms. The van der Waals surface area contributed by atoms with Crippen LogP contribution in [0.4, 0.5) is 5.69 Å². The van der Waals surface area contributed by atoms with E-state index in [1.807, 2.05) is 26.0 Å². The van der Waals surface area contributed by atoms with E-state index in [9.17, 15) is 19.2 Å². The van der Waals surface area contributed by atoms with Gasteiger partial charge in [-0.15, -0.1) is 0 Å². The molecule has 2 saturated heterocycles. The van der Waals surface area contributed by atoms with Gasteiger partial charge in [-0.3, -0.25) is 24.1 Å². The number of nitrogens with one attached hydrogen (secondary N) is 1. The zero-order chi connectivity index (χ0) is 23.7. The van der Waals surface area contributed by atoms with Gasteiger partial charge in [-0.05, 0) is 42.7 Å². The highest BCUT2D eigenvalue weighted by molar-refractivity contribution is 6.31. The minimum absolute atomic E-state index is 0.00507. The minimum Gasteiger partial charge on any atom is -0.369 e. The van der Waals surface area contributed by atoms with E-state index in [1.54, 1.807) is 29.6 Å². The smallest absolute Gasteiger partial charge is 0.291 e. The molecule has 4 atom stereocenters. The number of nitrogens with zero attached hydrogens (tertiary/aromatic N) is 1. The predicted octanol–water partition coefficient (Wildman–Crippen LogP) is 0.727. The molecular formula is C24H24ClN4O4+. The van der Waals surface area contributed by atoms with Gasteiger partial charge < -0.3 is 16.4 Å². The van der Waals surface area contributed by atoms with Gasteiger partial charge in [-0.2, -0.15) is 0 Å². The molecule has 1 spiro atoms. The molecule has 170 valence electrons. The number of anilines is 1. The summed E-state index contributed by atoms with van der Waals surface area (Å²) in [6.07, 6.45) is -0.116. The normalized spacial score (nSPS) is 27.8. The van der Waals surface area contributed by atoms with Crippen molar-refractivity contribution in [2.75, 3.05) is 5.32 Å². The first-order chi connectivity index (χ1) is 15.7. The van der Waals surface area contributed by atoms with E-state index >= 15 is 0 Å². The van der Waals surface area contributed by atoms with Gasteiger partial charge in [0.05, 0.1) is 18.7 Å². The Morgan fingerprint density at radius 1 is 1.15 bits per heavy atom. The molecule has 2 aromatic rings.